The summed E-state index contributed by atoms with van der Waals surface area (Å²) in [6.45, 7) is 2.33. The number of carbonyl (C=O) groups excluding carboxylic acids is 1. The summed E-state index contributed by atoms with van der Waals surface area (Å²) >= 11 is 0. The fourth-order valence-corrected chi connectivity index (χ4v) is 3.42. The van der Waals surface area contributed by atoms with E-state index in [2.05, 4.69) is 10.3 Å². The monoisotopic (exact) mass is 402 g/mol. The second kappa shape index (κ2) is 8.24. The van der Waals surface area contributed by atoms with Crippen LogP contribution in [0.1, 0.15) is 11.1 Å². The van der Waals surface area contributed by atoms with Crippen molar-refractivity contribution in [1.82, 2.24) is 19.4 Å². The van der Waals surface area contributed by atoms with E-state index in [0.717, 1.165) is 11.1 Å². The zero-order valence-corrected chi connectivity index (χ0v) is 16.8. The number of nitrogens with one attached hydrogen (secondary N) is 1. The lowest BCUT2D eigenvalue weighted by atomic mass is 10.1. The van der Waals surface area contributed by atoms with Crippen LogP contribution in [-0.2, 0) is 17.9 Å². The minimum Gasteiger partial charge on any atom is -0.497 e. The quantitative estimate of drug-likeness (QED) is 0.538. The van der Waals surface area contributed by atoms with Crippen molar-refractivity contribution in [3.05, 3.63) is 88.5 Å². The molecule has 0 fully saturated rings. The minimum atomic E-state index is -0.320. The van der Waals surface area contributed by atoms with Gasteiger partial charge in [-0.15, -0.1) is 0 Å². The summed E-state index contributed by atoms with van der Waals surface area (Å²) in [5.74, 6) is 0.454. The molecule has 7 heteroatoms. The van der Waals surface area contributed by atoms with Crippen molar-refractivity contribution in [3.63, 3.8) is 0 Å². The van der Waals surface area contributed by atoms with E-state index in [4.69, 9.17) is 4.74 Å². The number of benzene rings is 2. The van der Waals surface area contributed by atoms with Crippen LogP contribution >= 0.6 is 0 Å². The van der Waals surface area contributed by atoms with Gasteiger partial charge >= 0.3 is 5.69 Å². The van der Waals surface area contributed by atoms with E-state index in [1.54, 1.807) is 49.7 Å². The first-order valence-electron chi connectivity index (χ1n) is 9.60. The summed E-state index contributed by atoms with van der Waals surface area (Å²) in [6, 6.07) is 18.6. The van der Waals surface area contributed by atoms with Crippen LogP contribution in [0.5, 0.6) is 5.75 Å². The van der Waals surface area contributed by atoms with Crippen molar-refractivity contribution >= 4 is 17.1 Å². The molecule has 0 atom stereocenters. The van der Waals surface area contributed by atoms with Crippen LogP contribution in [0.25, 0.3) is 16.9 Å². The smallest absolute Gasteiger partial charge is 0.335 e. The molecule has 4 aromatic rings. The summed E-state index contributed by atoms with van der Waals surface area (Å²) < 4.78 is 8.14. The Morgan fingerprint density at radius 3 is 2.63 bits per heavy atom. The van der Waals surface area contributed by atoms with Crippen molar-refractivity contribution in [3.8, 4) is 11.4 Å². The number of imidazole rings is 1. The first-order valence-corrected chi connectivity index (χ1v) is 9.60. The Bertz CT molecular complexity index is 1260. The lowest BCUT2D eigenvalue weighted by Crippen LogP contribution is -2.32. The number of hydrogen-bond donors (Lipinski definition) is 1. The molecule has 0 bridgehead atoms. The Labute approximate surface area is 173 Å². The number of methoxy groups -OCH3 is 1. The van der Waals surface area contributed by atoms with E-state index in [1.807, 2.05) is 31.2 Å². The Morgan fingerprint density at radius 2 is 1.90 bits per heavy atom. The fraction of sp³-hybridized carbons (Fsp3) is 0.174. The summed E-state index contributed by atoms with van der Waals surface area (Å²) in [5, 5.41) is 2.89. The van der Waals surface area contributed by atoms with Gasteiger partial charge in [-0.2, -0.15) is 0 Å². The van der Waals surface area contributed by atoms with Crippen molar-refractivity contribution in [2.24, 2.45) is 0 Å². The molecular formula is C23H22N4O3. The van der Waals surface area contributed by atoms with Crippen molar-refractivity contribution in [2.45, 2.75) is 20.0 Å². The molecule has 1 N–H and O–H groups in total. The predicted molar refractivity (Wildman–Crippen MR) is 115 cm³/mol. The minimum absolute atomic E-state index is 0.0873. The molecule has 2 aromatic carbocycles. The molecule has 0 aliphatic carbocycles. The highest BCUT2D eigenvalue weighted by atomic mass is 16.5. The molecule has 0 aliphatic heterocycles. The number of amides is 1. The zero-order chi connectivity index (χ0) is 21.1. The molecule has 0 saturated carbocycles. The highest BCUT2D eigenvalue weighted by Gasteiger charge is 2.17. The number of nitrogens with zero attached hydrogens (tertiary/aromatic N) is 3. The zero-order valence-electron chi connectivity index (χ0n) is 16.8. The molecule has 0 saturated heterocycles. The third kappa shape index (κ3) is 3.82. The number of pyridine rings is 1. The van der Waals surface area contributed by atoms with Gasteiger partial charge in [0.2, 0.25) is 5.91 Å². The summed E-state index contributed by atoms with van der Waals surface area (Å²) in [5.41, 5.74) is 3.58. The van der Waals surface area contributed by atoms with Crippen LogP contribution in [0, 0.1) is 6.92 Å². The van der Waals surface area contributed by atoms with Gasteiger partial charge in [-0.1, -0.05) is 29.8 Å². The molecule has 0 radical (unpaired) electrons. The van der Waals surface area contributed by atoms with Crippen molar-refractivity contribution in [2.75, 3.05) is 7.11 Å². The van der Waals surface area contributed by atoms with Gasteiger partial charge in [0, 0.05) is 12.7 Å². The van der Waals surface area contributed by atoms with E-state index >= 15 is 0 Å². The van der Waals surface area contributed by atoms with Gasteiger partial charge in [-0.3, -0.25) is 9.36 Å². The molecule has 30 heavy (non-hydrogen) atoms. The van der Waals surface area contributed by atoms with E-state index in [1.165, 1.54) is 9.13 Å². The first-order chi connectivity index (χ1) is 14.6. The van der Waals surface area contributed by atoms with Gasteiger partial charge in [-0.05, 0) is 48.9 Å². The third-order valence-corrected chi connectivity index (χ3v) is 4.90. The Hall–Kier alpha value is -3.87. The van der Waals surface area contributed by atoms with Gasteiger partial charge in [0.25, 0.3) is 0 Å². The lowest BCUT2D eigenvalue weighted by Gasteiger charge is -2.07. The lowest BCUT2D eigenvalue weighted by molar-refractivity contribution is -0.121. The van der Waals surface area contributed by atoms with E-state index in [9.17, 15) is 9.59 Å². The van der Waals surface area contributed by atoms with Gasteiger partial charge in [0.1, 0.15) is 12.3 Å². The number of hydrogen-bond acceptors (Lipinski definition) is 4. The van der Waals surface area contributed by atoms with Crippen LogP contribution in [0.15, 0.2) is 71.7 Å². The van der Waals surface area contributed by atoms with E-state index < -0.39 is 0 Å². The first kappa shape index (κ1) is 19.4. The molecule has 4 rings (SSSR count). The molecule has 0 unspecified atom stereocenters. The topological polar surface area (TPSA) is 78.1 Å². The van der Waals surface area contributed by atoms with Crippen LogP contribution in [0.2, 0.25) is 0 Å². The Morgan fingerprint density at radius 1 is 1.10 bits per heavy atom. The Balaban J connectivity index is 1.63. The van der Waals surface area contributed by atoms with Crippen LogP contribution in [-0.4, -0.2) is 27.1 Å². The second-order valence-corrected chi connectivity index (χ2v) is 7.01. The highest BCUT2D eigenvalue weighted by molar-refractivity contribution is 5.80. The number of carbonyl (C=O) groups is 1. The highest BCUT2D eigenvalue weighted by Crippen LogP contribution is 2.18. The summed E-state index contributed by atoms with van der Waals surface area (Å²) in [7, 11) is 1.59. The largest absolute Gasteiger partial charge is 0.497 e. The maximum absolute atomic E-state index is 13.2. The van der Waals surface area contributed by atoms with Gasteiger partial charge in [-0.25, -0.2) is 14.3 Å². The van der Waals surface area contributed by atoms with E-state index in [-0.39, 0.29) is 18.1 Å². The number of rotatable bonds is 6. The molecule has 7 nitrogen and oxygen atoms in total. The Kier molecular flexibility index (Phi) is 5.34. The fourth-order valence-electron chi connectivity index (χ4n) is 3.42. The van der Waals surface area contributed by atoms with Crippen molar-refractivity contribution in [1.29, 1.82) is 0 Å². The van der Waals surface area contributed by atoms with E-state index in [0.29, 0.717) is 29.1 Å². The number of aryl methyl sites for hydroxylation is 1. The van der Waals surface area contributed by atoms with Gasteiger partial charge < -0.3 is 10.1 Å². The number of ether oxygens (including phenoxy) is 1. The average Bonchev–Trinajstić information content (AvgIpc) is 3.04. The summed E-state index contributed by atoms with van der Waals surface area (Å²) in [6.07, 6.45) is 1.63. The molecule has 0 spiro atoms. The average molecular weight is 402 g/mol. The van der Waals surface area contributed by atoms with Crippen LogP contribution < -0.4 is 15.7 Å². The van der Waals surface area contributed by atoms with Gasteiger partial charge in [0.15, 0.2) is 5.65 Å². The molecule has 2 aromatic heterocycles. The molecule has 2 heterocycles. The molecular weight excluding hydrogens is 380 g/mol. The maximum atomic E-state index is 13.2. The third-order valence-electron chi connectivity index (χ3n) is 4.90. The predicted octanol–water partition coefficient (Wildman–Crippen LogP) is 2.82. The molecule has 152 valence electrons. The number of fused-ring (bicyclic) bond motifs is 1. The summed E-state index contributed by atoms with van der Waals surface area (Å²) in [4.78, 5) is 30.1. The standard InChI is InChI=1S/C23H22N4O3/c1-16-5-3-6-17(13-16)14-25-21(28)15-26-20-7-4-12-24-22(20)27(23(26)29)18-8-10-19(30-2)11-9-18/h3-13H,14-15H2,1-2H3,(H,25,28). The van der Waals surface area contributed by atoms with Gasteiger partial charge in [0.05, 0.1) is 18.3 Å². The van der Waals surface area contributed by atoms with Crippen molar-refractivity contribution < 1.29 is 9.53 Å². The number of aromatic nitrogens is 3. The maximum Gasteiger partial charge on any atom is 0.335 e. The molecule has 1 amide bonds. The SMILES string of the molecule is COc1ccc(-n2c(=O)n(CC(=O)NCc3cccc(C)c3)c3cccnc32)cc1. The van der Waals surface area contributed by atoms with Crippen LogP contribution in [0.4, 0.5) is 0 Å². The molecule has 0 aliphatic rings. The normalized spacial score (nSPS) is 10.9. The second-order valence-electron chi connectivity index (χ2n) is 7.01. The van der Waals surface area contributed by atoms with Crippen LogP contribution in [0.3, 0.4) is 0 Å².